The van der Waals surface area contributed by atoms with Gasteiger partial charge in [0.1, 0.15) is 16.7 Å². The molecule has 20 heavy (non-hydrogen) atoms. The Balaban J connectivity index is 2.16. The number of anilines is 1. The van der Waals surface area contributed by atoms with Crippen LogP contribution in [0.25, 0.3) is 5.65 Å². The Bertz CT molecular complexity index is 664. The molecular formula is C14H17N5S. The summed E-state index contributed by atoms with van der Waals surface area (Å²) in [7, 11) is 0. The number of hydrogen-bond acceptors (Lipinski definition) is 5. The molecule has 2 aromatic heterocycles. The molecule has 1 aliphatic rings. The average molecular weight is 287 g/mol. The van der Waals surface area contributed by atoms with Crippen LogP contribution in [0.1, 0.15) is 25.3 Å². The van der Waals surface area contributed by atoms with E-state index in [-0.39, 0.29) is 0 Å². The molecule has 0 N–H and O–H groups in total. The second-order valence-corrected chi connectivity index (χ2v) is 6.00. The third-order valence-electron chi connectivity index (χ3n) is 3.87. The summed E-state index contributed by atoms with van der Waals surface area (Å²) in [6.45, 7) is 4.23. The van der Waals surface area contributed by atoms with Gasteiger partial charge in [-0.25, -0.2) is 4.98 Å². The summed E-state index contributed by atoms with van der Waals surface area (Å²) in [5.41, 5.74) is 1.45. The summed E-state index contributed by atoms with van der Waals surface area (Å²) in [5, 5.41) is 14.7. The van der Waals surface area contributed by atoms with Gasteiger partial charge < -0.3 is 4.90 Å². The number of rotatable bonds is 2. The molecule has 0 radical (unpaired) electrons. The van der Waals surface area contributed by atoms with Gasteiger partial charge in [-0.2, -0.15) is 14.9 Å². The monoisotopic (exact) mass is 287 g/mol. The van der Waals surface area contributed by atoms with Gasteiger partial charge >= 0.3 is 0 Å². The summed E-state index contributed by atoms with van der Waals surface area (Å²) in [5.74, 6) is 1.66. The maximum absolute atomic E-state index is 9.54. The Labute approximate surface area is 122 Å². The number of hydrogen-bond donors (Lipinski definition) is 0. The molecule has 0 unspecified atom stereocenters. The van der Waals surface area contributed by atoms with E-state index in [1.54, 1.807) is 10.7 Å². The lowest BCUT2D eigenvalue weighted by atomic mass is 9.99. The molecule has 104 valence electrons. The van der Waals surface area contributed by atoms with Crippen LogP contribution in [-0.2, 0) is 0 Å². The highest BCUT2D eigenvalue weighted by Crippen LogP contribution is 2.31. The van der Waals surface area contributed by atoms with E-state index in [0.29, 0.717) is 5.56 Å². The van der Waals surface area contributed by atoms with Crippen LogP contribution in [0.5, 0.6) is 0 Å². The van der Waals surface area contributed by atoms with Crippen molar-refractivity contribution in [2.75, 3.05) is 24.2 Å². The molecule has 1 fully saturated rings. The topological polar surface area (TPSA) is 57.2 Å². The van der Waals surface area contributed by atoms with Crippen LogP contribution in [0.2, 0.25) is 0 Å². The van der Waals surface area contributed by atoms with E-state index in [1.807, 2.05) is 12.3 Å². The van der Waals surface area contributed by atoms with Crippen molar-refractivity contribution in [3.63, 3.8) is 0 Å². The predicted octanol–water partition coefficient (Wildman–Crippen LogP) is 2.56. The minimum atomic E-state index is 0.642. The third kappa shape index (κ3) is 2.12. The Kier molecular flexibility index (Phi) is 3.53. The fourth-order valence-electron chi connectivity index (χ4n) is 2.66. The highest BCUT2D eigenvalue weighted by molar-refractivity contribution is 7.98. The normalized spacial score (nSPS) is 16.6. The number of piperidine rings is 1. The number of nitrogens with zero attached hydrogens (tertiary/aromatic N) is 5. The van der Waals surface area contributed by atoms with Crippen molar-refractivity contribution in [2.24, 2.45) is 5.92 Å². The largest absolute Gasteiger partial charge is 0.355 e. The first kappa shape index (κ1) is 13.3. The lowest BCUT2D eigenvalue weighted by Gasteiger charge is -2.32. The van der Waals surface area contributed by atoms with E-state index in [4.69, 9.17) is 0 Å². The number of nitriles is 1. The number of aromatic nitrogens is 3. The maximum atomic E-state index is 9.54. The number of fused-ring (bicyclic) bond motifs is 1. The molecule has 0 spiro atoms. The van der Waals surface area contributed by atoms with Gasteiger partial charge in [-0.1, -0.05) is 6.92 Å². The first-order chi connectivity index (χ1) is 9.74. The lowest BCUT2D eigenvalue weighted by Crippen LogP contribution is -2.35. The van der Waals surface area contributed by atoms with Crippen molar-refractivity contribution in [3.8, 4) is 6.07 Å². The summed E-state index contributed by atoms with van der Waals surface area (Å²) in [4.78, 5) is 6.79. The summed E-state index contributed by atoms with van der Waals surface area (Å²) in [6, 6.07) is 4.21. The molecule has 0 atom stereocenters. The molecule has 1 aliphatic heterocycles. The van der Waals surface area contributed by atoms with E-state index < -0.39 is 0 Å². The van der Waals surface area contributed by atoms with Gasteiger partial charge in [0.15, 0.2) is 11.5 Å². The van der Waals surface area contributed by atoms with E-state index in [2.05, 4.69) is 28.0 Å². The second kappa shape index (κ2) is 5.33. The lowest BCUT2D eigenvalue weighted by molar-refractivity contribution is 0.434. The van der Waals surface area contributed by atoms with Gasteiger partial charge in [-0.15, -0.1) is 11.8 Å². The van der Waals surface area contributed by atoms with Crippen molar-refractivity contribution in [2.45, 2.75) is 24.8 Å². The molecule has 0 aromatic carbocycles. The zero-order chi connectivity index (χ0) is 14.1. The second-order valence-electron chi connectivity index (χ2n) is 5.20. The van der Waals surface area contributed by atoms with Crippen molar-refractivity contribution >= 4 is 23.2 Å². The first-order valence-electron chi connectivity index (χ1n) is 6.81. The van der Waals surface area contributed by atoms with Crippen molar-refractivity contribution in [1.82, 2.24) is 14.6 Å². The smallest absolute Gasteiger partial charge is 0.158 e. The Hall–Kier alpha value is -1.74. The SMILES string of the molecule is CSc1nc2ccnn2c(N2CCC(C)CC2)c1C#N. The van der Waals surface area contributed by atoms with Gasteiger partial charge in [-0.05, 0) is 25.0 Å². The zero-order valence-electron chi connectivity index (χ0n) is 11.7. The Morgan fingerprint density at radius 1 is 1.40 bits per heavy atom. The van der Waals surface area contributed by atoms with E-state index in [9.17, 15) is 5.26 Å². The van der Waals surface area contributed by atoms with E-state index in [1.165, 1.54) is 11.8 Å². The van der Waals surface area contributed by atoms with Gasteiger partial charge in [0, 0.05) is 19.2 Å². The highest BCUT2D eigenvalue weighted by Gasteiger charge is 2.24. The average Bonchev–Trinajstić information content (AvgIpc) is 2.94. The first-order valence-corrected chi connectivity index (χ1v) is 8.04. The summed E-state index contributed by atoms with van der Waals surface area (Å²) < 4.78 is 1.80. The standard InChI is InChI=1S/C14H17N5S/c1-10-4-7-18(8-5-10)14-11(9-15)13(20-2)17-12-3-6-16-19(12)14/h3,6,10H,4-5,7-8H2,1-2H3. The fraction of sp³-hybridized carbons (Fsp3) is 0.500. The zero-order valence-corrected chi connectivity index (χ0v) is 12.5. The third-order valence-corrected chi connectivity index (χ3v) is 4.55. The van der Waals surface area contributed by atoms with Gasteiger partial charge in [0.05, 0.1) is 6.20 Å². The van der Waals surface area contributed by atoms with Crippen LogP contribution < -0.4 is 4.90 Å². The van der Waals surface area contributed by atoms with Crippen LogP contribution in [0, 0.1) is 17.2 Å². The summed E-state index contributed by atoms with van der Waals surface area (Å²) >= 11 is 1.52. The molecule has 3 rings (SSSR count). The van der Waals surface area contributed by atoms with E-state index >= 15 is 0 Å². The highest BCUT2D eigenvalue weighted by atomic mass is 32.2. The predicted molar refractivity (Wildman–Crippen MR) is 80.1 cm³/mol. The van der Waals surface area contributed by atoms with Crippen molar-refractivity contribution < 1.29 is 0 Å². The van der Waals surface area contributed by atoms with Gasteiger partial charge in [-0.3, -0.25) is 0 Å². The maximum Gasteiger partial charge on any atom is 0.158 e. The van der Waals surface area contributed by atoms with Crippen LogP contribution >= 0.6 is 11.8 Å². The molecule has 0 bridgehead atoms. The Morgan fingerprint density at radius 2 is 2.15 bits per heavy atom. The molecular weight excluding hydrogens is 270 g/mol. The molecule has 6 heteroatoms. The van der Waals surface area contributed by atoms with Gasteiger partial charge in [0.2, 0.25) is 0 Å². The Morgan fingerprint density at radius 3 is 2.80 bits per heavy atom. The van der Waals surface area contributed by atoms with Gasteiger partial charge in [0.25, 0.3) is 0 Å². The fourth-order valence-corrected chi connectivity index (χ4v) is 3.19. The van der Waals surface area contributed by atoms with Crippen LogP contribution in [-0.4, -0.2) is 33.9 Å². The minimum absolute atomic E-state index is 0.642. The molecule has 1 saturated heterocycles. The van der Waals surface area contributed by atoms with Crippen LogP contribution in [0.3, 0.4) is 0 Å². The molecule has 3 heterocycles. The molecule has 0 aliphatic carbocycles. The summed E-state index contributed by atoms with van der Waals surface area (Å²) in [6.07, 6.45) is 6.01. The van der Waals surface area contributed by atoms with E-state index in [0.717, 1.165) is 48.3 Å². The minimum Gasteiger partial charge on any atom is -0.355 e. The van der Waals surface area contributed by atoms with Crippen molar-refractivity contribution in [1.29, 1.82) is 5.26 Å². The molecule has 2 aromatic rings. The quantitative estimate of drug-likeness (QED) is 0.627. The van der Waals surface area contributed by atoms with Crippen LogP contribution in [0.15, 0.2) is 17.3 Å². The molecule has 5 nitrogen and oxygen atoms in total. The molecule has 0 saturated carbocycles. The molecule has 0 amide bonds. The van der Waals surface area contributed by atoms with Crippen LogP contribution in [0.4, 0.5) is 5.82 Å². The van der Waals surface area contributed by atoms with Crippen molar-refractivity contribution in [3.05, 3.63) is 17.8 Å². The number of thioether (sulfide) groups is 1.